The zero-order valence-electron chi connectivity index (χ0n) is 10.9. The number of hydrogen-bond acceptors (Lipinski definition) is 5. The molecule has 1 aromatic carbocycles. The number of rotatable bonds is 3. The van der Waals surface area contributed by atoms with Crippen LogP contribution in [0.2, 0.25) is 0 Å². The molecule has 0 aliphatic carbocycles. The Morgan fingerprint density at radius 1 is 1.58 bits per heavy atom. The molecule has 2 atom stereocenters. The molecule has 104 valence electrons. The molecule has 0 aromatic heterocycles. The molecule has 5 N–H and O–H groups in total. The van der Waals surface area contributed by atoms with Gasteiger partial charge in [-0.15, -0.1) is 0 Å². The average molecular weight is 265 g/mol. The van der Waals surface area contributed by atoms with Crippen LogP contribution >= 0.6 is 0 Å². The summed E-state index contributed by atoms with van der Waals surface area (Å²) < 4.78 is 5.48. The Balaban J connectivity index is 2.34. The average Bonchev–Trinajstić information content (AvgIpc) is 2.39. The molecule has 0 spiro atoms. The number of aliphatic hydroxyl groups excluding tert-OH is 1. The number of nitrogen functional groups attached to an aromatic ring is 1. The van der Waals surface area contributed by atoms with Crippen molar-refractivity contribution in [1.82, 2.24) is 0 Å². The monoisotopic (exact) mass is 265 g/mol. The van der Waals surface area contributed by atoms with Crippen LogP contribution in [-0.4, -0.2) is 42.9 Å². The first kappa shape index (κ1) is 13.6. The minimum Gasteiger partial charge on any atom is -0.396 e. The third kappa shape index (κ3) is 2.64. The second kappa shape index (κ2) is 5.46. The first-order valence-corrected chi connectivity index (χ1v) is 6.22. The number of carbonyl (C=O) groups is 1. The lowest BCUT2D eigenvalue weighted by Crippen LogP contribution is -2.50. The van der Waals surface area contributed by atoms with E-state index in [1.165, 1.54) is 0 Å². The smallest absolute Gasteiger partial charge is 0.250 e. The highest BCUT2D eigenvalue weighted by atomic mass is 16.5. The number of aliphatic hydroxyl groups is 1. The maximum atomic E-state index is 11.3. The SMILES string of the molecule is CC1COC(CO)CN1c1cccc(C(N)=O)c1N. The normalized spacial score (nSPS) is 23.4. The molecule has 1 aromatic rings. The molecule has 6 nitrogen and oxygen atoms in total. The van der Waals surface area contributed by atoms with Crippen molar-refractivity contribution in [2.45, 2.75) is 19.1 Å². The lowest BCUT2D eigenvalue weighted by atomic mass is 10.1. The van der Waals surface area contributed by atoms with Gasteiger partial charge in [0, 0.05) is 12.6 Å². The van der Waals surface area contributed by atoms with Gasteiger partial charge in [0.25, 0.3) is 5.91 Å². The predicted octanol–water partition coefficient (Wildman–Crippen LogP) is -0.0463. The number of nitrogens with zero attached hydrogens (tertiary/aromatic N) is 1. The van der Waals surface area contributed by atoms with Crippen molar-refractivity contribution < 1.29 is 14.6 Å². The van der Waals surface area contributed by atoms with Crippen molar-refractivity contribution in [2.75, 3.05) is 30.4 Å². The lowest BCUT2D eigenvalue weighted by Gasteiger charge is -2.39. The number of para-hydroxylation sites is 1. The van der Waals surface area contributed by atoms with Crippen LogP contribution in [0, 0.1) is 0 Å². The minimum atomic E-state index is -0.543. The van der Waals surface area contributed by atoms with E-state index in [-0.39, 0.29) is 18.8 Å². The summed E-state index contributed by atoms with van der Waals surface area (Å²) in [5, 5.41) is 9.20. The van der Waals surface area contributed by atoms with E-state index >= 15 is 0 Å². The van der Waals surface area contributed by atoms with Gasteiger partial charge in [-0.05, 0) is 19.1 Å². The molecule has 1 aliphatic rings. The Labute approximate surface area is 111 Å². The van der Waals surface area contributed by atoms with E-state index in [4.69, 9.17) is 16.2 Å². The van der Waals surface area contributed by atoms with Crippen LogP contribution in [0.4, 0.5) is 11.4 Å². The minimum absolute atomic E-state index is 0.0430. The lowest BCUT2D eigenvalue weighted by molar-refractivity contribution is -0.0102. The van der Waals surface area contributed by atoms with Crippen molar-refractivity contribution >= 4 is 17.3 Å². The Morgan fingerprint density at radius 3 is 2.95 bits per heavy atom. The number of hydrogen-bond donors (Lipinski definition) is 3. The summed E-state index contributed by atoms with van der Waals surface area (Å²) in [6, 6.07) is 5.32. The van der Waals surface area contributed by atoms with Gasteiger partial charge in [0.15, 0.2) is 0 Å². The molecule has 1 amide bonds. The molecule has 2 rings (SSSR count). The van der Waals surface area contributed by atoms with Gasteiger partial charge in [-0.25, -0.2) is 0 Å². The largest absolute Gasteiger partial charge is 0.396 e. The van der Waals surface area contributed by atoms with Crippen molar-refractivity contribution in [3.63, 3.8) is 0 Å². The third-order valence-corrected chi connectivity index (χ3v) is 3.37. The number of ether oxygens (including phenoxy) is 1. The number of carbonyl (C=O) groups excluding carboxylic acids is 1. The maximum absolute atomic E-state index is 11.3. The highest BCUT2D eigenvalue weighted by Crippen LogP contribution is 2.30. The molecule has 19 heavy (non-hydrogen) atoms. The Kier molecular flexibility index (Phi) is 3.92. The fourth-order valence-corrected chi connectivity index (χ4v) is 2.28. The van der Waals surface area contributed by atoms with Gasteiger partial charge in [0.05, 0.1) is 36.3 Å². The van der Waals surface area contributed by atoms with E-state index in [0.29, 0.717) is 24.4 Å². The van der Waals surface area contributed by atoms with Gasteiger partial charge in [-0.3, -0.25) is 4.79 Å². The van der Waals surface area contributed by atoms with E-state index in [9.17, 15) is 9.90 Å². The second-order valence-corrected chi connectivity index (χ2v) is 4.74. The Morgan fingerprint density at radius 2 is 2.32 bits per heavy atom. The second-order valence-electron chi connectivity index (χ2n) is 4.74. The summed E-state index contributed by atoms with van der Waals surface area (Å²) in [6.45, 7) is 3.00. The van der Waals surface area contributed by atoms with E-state index in [1.807, 2.05) is 17.9 Å². The number of morpholine rings is 1. The van der Waals surface area contributed by atoms with Gasteiger partial charge in [0.2, 0.25) is 0 Å². The molecule has 1 aliphatic heterocycles. The van der Waals surface area contributed by atoms with E-state index in [1.54, 1.807) is 12.1 Å². The molecule has 0 radical (unpaired) electrons. The van der Waals surface area contributed by atoms with Crippen molar-refractivity contribution in [2.24, 2.45) is 5.73 Å². The van der Waals surface area contributed by atoms with Crippen LogP contribution in [0.1, 0.15) is 17.3 Å². The maximum Gasteiger partial charge on any atom is 0.250 e. The summed E-state index contributed by atoms with van der Waals surface area (Å²) in [4.78, 5) is 13.4. The highest BCUT2D eigenvalue weighted by Gasteiger charge is 2.27. The highest BCUT2D eigenvalue weighted by molar-refractivity contribution is 6.00. The molecule has 0 saturated carbocycles. The summed E-state index contributed by atoms with van der Waals surface area (Å²) >= 11 is 0. The van der Waals surface area contributed by atoms with E-state index in [2.05, 4.69) is 0 Å². The van der Waals surface area contributed by atoms with Crippen LogP contribution in [0.25, 0.3) is 0 Å². The van der Waals surface area contributed by atoms with Gasteiger partial charge >= 0.3 is 0 Å². The summed E-state index contributed by atoms with van der Waals surface area (Å²) in [6.07, 6.45) is -0.243. The van der Waals surface area contributed by atoms with Crippen molar-refractivity contribution in [1.29, 1.82) is 0 Å². The fourth-order valence-electron chi connectivity index (χ4n) is 2.28. The number of benzene rings is 1. The molecule has 6 heteroatoms. The van der Waals surface area contributed by atoms with Crippen molar-refractivity contribution in [3.05, 3.63) is 23.8 Å². The first-order valence-electron chi connectivity index (χ1n) is 6.22. The number of amides is 1. The van der Waals surface area contributed by atoms with Crippen LogP contribution < -0.4 is 16.4 Å². The molecular weight excluding hydrogens is 246 g/mol. The van der Waals surface area contributed by atoms with Gasteiger partial charge in [-0.1, -0.05) is 6.07 Å². The van der Waals surface area contributed by atoms with Crippen LogP contribution in [0.5, 0.6) is 0 Å². The zero-order chi connectivity index (χ0) is 14.0. The van der Waals surface area contributed by atoms with Gasteiger partial charge < -0.3 is 26.2 Å². The summed E-state index contributed by atoms with van der Waals surface area (Å²) in [7, 11) is 0. The predicted molar refractivity (Wildman–Crippen MR) is 73.0 cm³/mol. The molecular formula is C13H19N3O3. The number of anilines is 2. The summed E-state index contributed by atoms with van der Waals surface area (Å²) in [5.41, 5.74) is 12.8. The molecule has 1 heterocycles. The molecule has 0 bridgehead atoms. The topological polar surface area (TPSA) is 102 Å². The Bertz CT molecular complexity index is 478. The first-order chi connectivity index (χ1) is 9.04. The standard InChI is InChI=1S/C13H19N3O3/c1-8-7-19-9(6-17)5-16(8)11-4-2-3-10(12(11)14)13(15)18/h2-4,8-9,17H,5-7,14H2,1H3,(H2,15,18). The fraction of sp³-hybridized carbons (Fsp3) is 0.462. The zero-order valence-corrected chi connectivity index (χ0v) is 10.9. The Hall–Kier alpha value is -1.79. The van der Waals surface area contributed by atoms with E-state index < -0.39 is 5.91 Å². The molecule has 1 saturated heterocycles. The van der Waals surface area contributed by atoms with Crippen LogP contribution in [-0.2, 0) is 4.74 Å². The quantitative estimate of drug-likeness (QED) is 0.665. The number of nitrogens with two attached hydrogens (primary N) is 2. The summed E-state index contributed by atoms with van der Waals surface area (Å²) in [5.74, 6) is -0.543. The van der Waals surface area contributed by atoms with Gasteiger partial charge in [0.1, 0.15) is 0 Å². The van der Waals surface area contributed by atoms with Crippen LogP contribution in [0.3, 0.4) is 0 Å². The van der Waals surface area contributed by atoms with Crippen LogP contribution in [0.15, 0.2) is 18.2 Å². The number of primary amides is 1. The van der Waals surface area contributed by atoms with Crippen molar-refractivity contribution in [3.8, 4) is 0 Å². The molecule has 2 unspecified atom stereocenters. The third-order valence-electron chi connectivity index (χ3n) is 3.37. The molecule has 1 fully saturated rings. The van der Waals surface area contributed by atoms with Gasteiger partial charge in [-0.2, -0.15) is 0 Å². The van der Waals surface area contributed by atoms with E-state index in [0.717, 1.165) is 5.69 Å².